The van der Waals surface area contributed by atoms with Crippen LogP contribution in [0.3, 0.4) is 0 Å². The van der Waals surface area contributed by atoms with Crippen molar-refractivity contribution in [3.8, 4) is 0 Å². The molecular formula is C18H26FN3O2. The minimum atomic E-state index is -0.597. The van der Waals surface area contributed by atoms with E-state index in [1.807, 2.05) is 6.92 Å². The van der Waals surface area contributed by atoms with Gasteiger partial charge < -0.3 is 16.4 Å². The molecule has 0 aromatic heterocycles. The average molecular weight is 335 g/mol. The van der Waals surface area contributed by atoms with Crippen LogP contribution in [0, 0.1) is 11.7 Å². The van der Waals surface area contributed by atoms with Crippen molar-refractivity contribution in [2.45, 2.75) is 57.9 Å². The van der Waals surface area contributed by atoms with Gasteiger partial charge >= 0.3 is 0 Å². The second kappa shape index (κ2) is 8.78. The number of benzene rings is 1. The predicted octanol–water partition coefficient (Wildman–Crippen LogP) is 3.41. The zero-order chi connectivity index (χ0) is 17.5. The quantitative estimate of drug-likeness (QED) is 0.745. The number of rotatable bonds is 6. The van der Waals surface area contributed by atoms with Crippen LogP contribution < -0.4 is 16.4 Å². The molecule has 0 spiro atoms. The molecule has 1 atom stereocenters. The molecule has 1 unspecified atom stereocenters. The van der Waals surface area contributed by atoms with Crippen molar-refractivity contribution in [3.63, 3.8) is 0 Å². The normalized spacial score (nSPS) is 16.5. The fraction of sp³-hybridized carbons (Fsp3) is 0.556. The summed E-state index contributed by atoms with van der Waals surface area (Å²) in [4.78, 5) is 24.2. The number of nitrogens with two attached hydrogens (primary N) is 1. The summed E-state index contributed by atoms with van der Waals surface area (Å²) in [6.45, 7) is 1.95. The first kappa shape index (κ1) is 18.4. The Kier molecular flexibility index (Phi) is 6.73. The maximum Gasteiger partial charge on any atom is 0.241 e. The SMILES string of the molecule is CCCC(N)C(=O)Nc1ccc(F)c(NC(=O)C2CCCCC2)c1. The van der Waals surface area contributed by atoms with Crippen molar-refractivity contribution < 1.29 is 14.0 Å². The summed E-state index contributed by atoms with van der Waals surface area (Å²) in [5.41, 5.74) is 6.28. The van der Waals surface area contributed by atoms with Crippen LogP contribution in [-0.2, 0) is 9.59 Å². The molecule has 4 N–H and O–H groups in total. The number of anilines is 2. The van der Waals surface area contributed by atoms with Crippen LogP contribution in [-0.4, -0.2) is 17.9 Å². The van der Waals surface area contributed by atoms with Gasteiger partial charge in [-0.05, 0) is 37.5 Å². The van der Waals surface area contributed by atoms with Gasteiger partial charge in [0.2, 0.25) is 11.8 Å². The lowest BCUT2D eigenvalue weighted by Gasteiger charge is -2.21. The molecule has 0 heterocycles. The van der Waals surface area contributed by atoms with Gasteiger partial charge in [0.05, 0.1) is 11.7 Å². The molecule has 6 heteroatoms. The van der Waals surface area contributed by atoms with Crippen LogP contribution in [0.5, 0.6) is 0 Å². The van der Waals surface area contributed by atoms with Crippen LogP contribution in [0.15, 0.2) is 18.2 Å². The Morgan fingerprint density at radius 3 is 2.62 bits per heavy atom. The van der Waals surface area contributed by atoms with Crippen molar-refractivity contribution in [1.82, 2.24) is 0 Å². The molecule has 5 nitrogen and oxygen atoms in total. The van der Waals surface area contributed by atoms with Gasteiger partial charge in [-0.25, -0.2) is 4.39 Å². The number of halogens is 1. The van der Waals surface area contributed by atoms with E-state index in [2.05, 4.69) is 10.6 Å². The third kappa shape index (κ3) is 5.03. The number of nitrogens with one attached hydrogen (secondary N) is 2. The van der Waals surface area contributed by atoms with E-state index in [9.17, 15) is 14.0 Å². The van der Waals surface area contributed by atoms with Gasteiger partial charge in [0, 0.05) is 11.6 Å². The smallest absolute Gasteiger partial charge is 0.241 e. The van der Waals surface area contributed by atoms with Crippen molar-refractivity contribution in [2.24, 2.45) is 11.7 Å². The van der Waals surface area contributed by atoms with Crippen LogP contribution in [0.25, 0.3) is 0 Å². The summed E-state index contributed by atoms with van der Waals surface area (Å²) in [6.07, 6.45) is 6.29. The topological polar surface area (TPSA) is 84.2 Å². The fourth-order valence-electron chi connectivity index (χ4n) is 2.98. The Hall–Kier alpha value is -1.95. The molecule has 1 aromatic carbocycles. The number of amides is 2. The second-order valence-electron chi connectivity index (χ2n) is 6.40. The summed E-state index contributed by atoms with van der Waals surface area (Å²) >= 11 is 0. The Morgan fingerprint density at radius 2 is 1.96 bits per heavy atom. The molecule has 1 fully saturated rings. The standard InChI is InChI=1S/C18H26FN3O2/c1-2-6-15(20)18(24)21-13-9-10-14(19)16(11-13)22-17(23)12-7-4-3-5-8-12/h9-12,15H,2-8,20H2,1H3,(H,21,24)(H,22,23). The van der Waals surface area contributed by atoms with Crippen molar-refractivity contribution in [3.05, 3.63) is 24.0 Å². The molecule has 0 aliphatic heterocycles. The van der Waals surface area contributed by atoms with Gasteiger partial charge in [-0.2, -0.15) is 0 Å². The third-order valence-electron chi connectivity index (χ3n) is 4.40. The first-order valence-corrected chi connectivity index (χ1v) is 8.68. The number of carbonyl (C=O) groups is 2. The molecule has 1 aromatic rings. The van der Waals surface area contributed by atoms with Gasteiger partial charge in [-0.3, -0.25) is 9.59 Å². The molecule has 2 rings (SSSR count). The van der Waals surface area contributed by atoms with E-state index in [0.717, 1.165) is 38.5 Å². The maximum atomic E-state index is 14.0. The van der Waals surface area contributed by atoms with E-state index in [0.29, 0.717) is 12.1 Å². The molecule has 1 aliphatic rings. The summed E-state index contributed by atoms with van der Waals surface area (Å²) in [5, 5.41) is 5.32. The van der Waals surface area contributed by atoms with Crippen LogP contribution in [0.2, 0.25) is 0 Å². The predicted molar refractivity (Wildman–Crippen MR) is 93.1 cm³/mol. The highest BCUT2D eigenvalue weighted by Gasteiger charge is 2.22. The first-order chi connectivity index (χ1) is 11.5. The second-order valence-corrected chi connectivity index (χ2v) is 6.40. The van der Waals surface area contributed by atoms with E-state index in [1.165, 1.54) is 18.2 Å². The highest BCUT2D eigenvalue weighted by Crippen LogP contribution is 2.26. The van der Waals surface area contributed by atoms with Gasteiger partial charge in [0.15, 0.2) is 0 Å². The Bertz CT molecular complexity index is 586. The molecule has 1 saturated carbocycles. The molecule has 0 bridgehead atoms. The molecular weight excluding hydrogens is 309 g/mol. The number of hydrogen-bond acceptors (Lipinski definition) is 3. The highest BCUT2D eigenvalue weighted by atomic mass is 19.1. The van der Waals surface area contributed by atoms with E-state index >= 15 is 0 Å². The summed E-state index contributed by atoms with van der Waals surface area (Å²) < 4.78 is 14.0. The Labute approximate surface area is 142 Å². The summed E-state index contributed by atoms with van der Waals surface area (Å²) in [6, 6.07) is 3.53. The van der Waals surface area contributed by atoms with Gasteiger partial charge in [0.25, 0.3) is 0 Å². The molecule has 1 aliphatic carbocycles. The van der Waals surface area contributed by atoms with E-state index in [4.69, 9.17) is 5.73 Å². The summed E-state index contributed by atoms with van der Waals surface area (Å²) in [7, 11) is 0. The Morgan fingerprint density at radius 1 is 1.25 bits per heavy atom. The van der Waals surface area contributed by atoms with E-state index in [-0.39, 0.29) is 23.4 Å². The molecule has 0 saturated heterocycles. The van der Waals surface area contributed by atoms with Crippen LogP contribution >= 0.6 is 0 Å². The Balaban J connectivity index is 2.02. The zero-order valence-electron chi connectivity index (χ0n) is 14.1. The zero-order valence-corrected chi connectivity index (χ0v) is 14.1. The highest BCUT2D eigenvalue weighted by molar-refractivity contribution is 5.96. The number of carbonyl (C=O) groups excluding carboxylic acids is 2. The number of hydrogen-bond donors (Lipinski definition) is 3. The molecule has 132 valence electrons. The van der Waals surface area contributed by atoms with E-state index in [1.54, 1.807) is 0 Å². The monoisotopic (exact) mass is 335 g/mol. The lowest BCUT2D eigenvalue weighted by molar-refractivity contribution is -0.120. The van der Waals surface area contributed by atoms with Crippen molar-refractivity contribution >= 4 is 23.2 Å². The van der Waals surface area contributed by atoms with E-state index < -0.39 is 11.9 Å². The molecule has 0 radical (unpaired) electrons. The summed E-state index contributed by atoms with van der Waals surface area (Å²) in [5.74, 6) is -1.04. The maximum absolute atomic E-state index is 14.0. The lowest BCUT2D eigenvalue weighted by atomic mass is 9.88. The van der Waals surface area contributed by atoms with Crippen LogP contribution in [0.1, 0.15) is 51.9 Å². The van der Waals surface area contributed by atoms with Crippen LogP contribution in [0.4, 0.5) is 15.8 Å². The fourth-order valence-corrected chi connectivity index (χ4v) is 2.98. The van der Waals surface area contributed by atoms with Gasteiger partial charge in [0.1, 0.15) is 5.82 Å². The largest absolute Gasteiger partial charge is 0.325 e. The van der Waals surface area contributed by atoms with Crippen molar-refractivity contribution in [1.29, 1.82) is 0 Å². The van der Waals surface area contributed by atoms with Gasteiger partial charge in [-0.1, -0.05) is 32.6 Å². The third-order valence-corrected chi connectivity index (χ3v) is 4.40. The lowest BCUT2D eigenvalue weighted by Crippen LogP contribution is -2.35. The average Bonchev–Trinajstić information content (AvgIpc) is 2.58. The minimum Gasteiger partial charge on any atom is -0.325 e. The van der Waals surface area contributed by atoms with Crippen molar-refractivity contribution in [2.75, 3.05) is 10.6 Å². The first-order valence-electron chi connectivity index (χ1n) is 8.68. The minimum absolute atomic E-state index is 0.0608. The molecule has 2 amide bonds. The van der Waals surface area contributed by atoms with Gasteiger partial charge in [-0.15, -0.1) is 0 Å². The molecule has 24 heavy (non-hydrogen) atoms.